The number of hydrogen-bond donors (Lipinski definition) is 0. The summed E-state index contributed by atoms with van der Waals surface area (Å²) in [5.74, 6) is 0.324. The average molecular weight is 393 g/mol. The van der Waals surface area contributed by atoms with Crippen LogP contribution in [0.4, 0.5) is 0 Å². The van der Waals surface area contributed by atoms with Gasteiger partial charge in [-0.05, 0) is 33.3 Å². The number of hydrogen-bond acceptors (Lipinski definition) is 4. The van der Waals surface area contributed by atoms with Crippen molar-refractivity contribution in [2.24, 2.45) is 7.05 Å². The normalized spacial score (nSPS) is 13.8. The van der Waals surface area contributed by atoms with Crippen LogP contribution in [0.2, 0.25) is 0 Å². The summed E-state index contributed by atoms with van der Waals surface area (Å²) in [6.07, 6.45) is 1.85. The van der Waals surface area contributed by atoms with E-state index < -0.39 is 17.3 Å². The molecular formula is C21H23N5O3. The number of benzene rings is 1. The van der Waals surface area contributed by atoms with Crippen molar-refractivity contribution in [2.45, 2.75) is 39.8 Å². The molecule has 3 heterocycles. The van der Waals surface area contributed by atoms with Crippen LogP contribution in [0.15, 0.2) is 46.1 Å². The molecule has 1 aromatic carbocycles. The minimum Gasteiger partial charge on any atom is -0.307 e. The summed E-state index contributed by atoms with van der Waals surface area (Å²) in [7, 11) is 1.57. The fraction of sp³-hybridized carbons (Fsp3) is 0.333. The molecular weight excluding hydrogens is 370 g/mol. The van der Waals surface area contributed by atoms with Crippen molar-refractivity contribution >= 4 is 22.7 Å². The minimum atomic E-state index is -0.845. The largest absolute Gasteiger partial charge is 0.333 e. The first-order valence-corrected chi connectivity index (χ1v) is 9.50. The highest BCUT2D eigenvalue weighted by molar-refractivity contribution is 5.80. The maximum atomic E-state index is 13.2. The number of nitrogens with zero attached hydrogens (tertiary/aromatic N) is 5. The van der Waals surface area contributed by atoms with Crippen molar-refractivity contribution in [3.63, 3.8) is 0 Å². The van der Waals surface area contributed by atoms with Crippen molar-refractivity contribution in [1.82, 2.24) is 23.1 Å². The van der Waals surface area contributed by atoms with E-state index in [1.165, 1.54) is 11.5 Å². The second-order valence-electron chi connectivity index (χ2n) is 7.48. The zero-order chi connectivity index (χ0) is 21.0. The fourth-order valence-corrected chi connectivity index (χ4v) is 3.88. The molecule has 0 saturated carbocycles. The van der Waals surface area contributed by atoms with Gasteiger partial charge in [0.2, 0.25) is 5.78 Å². The molecule has 3 aromatic heterocycles. The Bertz CT molecular complexity index is 1370. The van der Waals surface area contributed by atoms with E-state index in [-0.39, 0.29) is 17.3 Å². The Labute approximate surface area is 166 Å². The van der Waals surface area contributed by atoms with Crippen LogP contribution in [-0.4, -0.2) is 28.9 Å². The Kier molecular flexibility index (Phi) is 4.29. The molecule has 0 spiro atoms. The van der Waals surface area contributed by atoms with Gasteiger partial charge in [-0.3, -0.25) is 18.6 Å². The quantitative estimate of drug-likeness (QED) is 0.532. The van der Waals surface area contributed by atoms with Gasteiger partial charge >= 0.3 is 5.69 Å². The molecule has 0 aliphatic rings. The van der Waals surface area contributed by atoms with Crippen molar-refractivity contribution in [1.29, 1.82) is 0 Å². The van der Waals surface area contributed by atoms with Gasteiger partial charge in [0.1, 0.15) is 0 Å². The lowest BCUT2D eigenvalue weighted by molar-refractivity contribution is -0.119. The highest BCUT2D eigenvalue weighted by Crippen LogP contribution is 2.25. The van der Waals surface area contributed by atoms with Crippen LogP contribution in [0.25, 0.3) is 16.9 Å². The highest BCUT2D eigenvalue weighted by Gasteiger charge is 2.25. The molecule has 8 nitrogen and oxygen atoms in total. The Morgan fingerprint density at radius 1 is 1.07 bits per heavy atom. The van der Waals surface area contributed by atoms with Crippen LogP contribution in [0.5, 0.6) is 0 Å². The Balaban J connectivity index is 2.08. The molecule has 0 bridgehead atoms. The number of Topliss-reactive ketones (excluding diaryl/α,β-unsaturated/α-hetero) is 1. The first-order valence-electron chi connectivity index (χ1n) is 9.50. The monoisotopic (exact) mass is 393 g/mol. The number of aromatic nitrogens is 5. The molecule has 0 saturated heterocycles. The summed E-state index contributed by atoms with van der Waals surface area (Å²) in [6.45, 7) is 6.95. The molecule has 0 radical (unpaired) electrons. The second-order valence-corrected chi connectivity index (χ2v) is 7.48. The predicted octanol–water partition coefficient (Wildman–Crippen LogP) is 2.22. The number of carbonyl (C=O) groups excluding carboxylic acids is 1. The van der Waals surface area contributed by atoms with E-state index in [1.54, 1.807) is 18.4 Å². The van der Waals surface area contributed by atoms with Crippen LogP contribution in [0.3, 0.4) is 0 Å². The lowest BCUT2D eigenvalue weighted by Crippen LogP contribution is -2.42. The van der Waals surface area contributed by atoms with Gasteiger partial charge < -0.3 is 4.57 Å². The summed E-state index contributed by atoms with van der Waals surface area (Å²) in [5, 5.41) is 0. The van der Waals surface area contributed by atoms with Gasteiger partial charge in [0.05, 0.1) is 12.1 Å². The zero-order valence-electron chi connectivity index (χ0n) is 17.1. The van der Waals surface area contributed by atoms with Crippen LogP contribution < -0.4 is 11.2 Å². The van der Waals surface area contributed by atoms with Crippen LogP contribution >= 0.6 is 0 Å². The van der Waals surface area contributed by atoms with E-state index in [9.17, 15) is 14.4 Å². The fourth-order valence-electron chi connectivity index (χ4n) is 3.88. The zero-order valence-corrected chi connectivity index (χ0v) is 17.1. The lowest BCUT2D eigenvalue weighted by atomic mass is 10.1. The van der Waals surface area contributed by atoms with E-state index in [4.69, 9.17) is 0 Å². The number of fused-ring (bicyclic) bond motifs is 3. The van der Waals surface area contributed by atoms with Gasteiger partial charge in [-0.1, -0.05) is 30.3 Å². The van der Waals surface area contributed by atoms with Gasteiger partial charge in [0.15, 0.2) is 16.9 Å². The van der Waals surface area contributed by atoms with E-state index in [0.717, 1.165) is 15.8 Å². The topological polar surface area (TPSA) is 83.3 Å². The van der Waals surface area contributed by atoms with Gasteiger partial charge in [0, 0.05) is 18.9 Å². The van der Waals surface area contributed by atoms with E-state index in [0.29, 0.717) is 11.4 Å². The summed E-state index contributed by atoms with van der Waals surface area (Å²) < 4.78 is 6.09. The average Bonchev–Trinajstić information content (AvgIpc) is 3.21. The Morgan fingerprint density at radius 3 is 2.34 bits per heavy atom. The van der Waals surface area contributed by atoms with Gasteiger partial charge in [-0.2, -0.15) is 4.98 Å². The number of aryl methyl sites for hydroxylation is 2. The Hall–Kier alpha value is -3.42. The van der Waals surface area contributed by atoms with Crippen LogP contribution in [0, 0.1) is 6.92 Å². The molecule has 2 atom stereocenters. The maximum absolute atomic E-state index is 13.2. The van der Waals surface area contributed by atoms with Crippen molar-refractivity contribution in [3.05, 3.63) is 68.6 Å². The summed E-state index contributed by atoms with van der Waals surface area (Å²) >= 11 is 0. The molecule has 8 heteroatoms. The lowest BCUT2D eigenvalue weighted by Gasteiger charge is -2.16. The molecule has 0 N–H and O–H groups in total. The van der Waals surface area contributed by atoms with E-state index in [1.807, 2.05) is 48.0 Å². The molecule has 4 rings (SSSR count). The first-order chi connectivity index (χ1) is 13.7. The Morgan fingerprint density at radius 2 is 1.72 bits per heavy atom. The third-order valence-corrected chi connectivity index (χ3v) is 5.66. The summed E-state index contributed by atoms with van der Waals surface area (Å²) in [6, 6.07) is 9.15. The third-order valence-electron chi connectivity index (χ3n) is 5.66. The van der Waals surface area contributed by atoms with Crippen molar-refractivity contribution in [2.75, 3.05) is 0 Å². The molecule has 0 aliphatic carbocycles. The number of ketones is 1. The molecule has 0 aliphatic heterocycles. The molecule has 0 fully saturated rings. The molecule has 0 unspecified atom stereocenters. The second kappa shape index (κ2) is 6.58. The van der Waals surface area contributed by atoms with Gasteiger partial charge in [0.25, 0.3) is 5.56 Å². The number of imidazole rings is 2. The van der Waals surface area contributed by atoms with Crippen molar-refractivity contribution < 1.29 is 4.79 Å². The SMILES string of the molecule is CC(=O)[C@H](C)n1c(=O)c2c(nc3n([C@H](C)c4ccccc4)c(C)cn23)n(C)c1=O. The number of rotatable bonds is 4. The maximum Gasteiger partial charge on any atom is 0.333 e. The highest BCUT2D eigenvalue weighted by atomic mass is 16.2. The smallest absolute Gasteiger partial charge is 0.307 e. The first kappa shape index (κ1) is 18.9. The predicted molar refractivity (Wildman–Crippen MR) is 111 cm³/mol. The number of carbonyl (C=O) groups is 1. The van der Waals surface area contributed by atoms with E-state index in [2.05, 4.69) is 11.9 Å². The molecule has 150 valence electrons. The molecule has 0 amide bonds. The minimum absolute atomic E-state index is 0.0130. The standard InChI is InChI=1S/C21H23N5O3/c1-12-11-24-17-18(23(5)21(29)26(19(17)28)13(2)15(4)27)22-20(24)25(12)14(3)16-9-7-6-8-10-16/h6-11,13-14H,1-5H3/t13-,14+/m0/s1. The molecule has 29 heavy (non-hydrogen) atoms. The van der Waals surface area contributed by atoms with E-state index >= 15 is 0 Å². The summed E-state index contributed by atoms with van der Waals surface area (Å²) in [5.41, 5.74) is 1.57. The third kappa shape index (κ3) is 2.66. The summed E-state index contributed by atoms with van der Waals surface area (Å²) in [4.78, 5) is 42.5. The molecule has 4 aromatic rings. The van der Waals surface area contributed by atoms with Crippen LogP contribution in [-0.2, 0) is 11.8 Å². The van der Waals surface area contributed by atoms with Crippen LogP contribution in [0.1, 0.15) is 44.1 Å². The van der Waals surface area contributed by atoms with Crippen molar-refractivity contribution in [3.8, 4) is 0 Å². The van der Waals surface area contributed by atoms with Gasteiger partial charge in [-0.15, -0.1) is 0 Å². The van der Waals surface area contributed by atoms with Gasteiger partial charge in [-0.25, -0.2) is 9.36 Å².